The molecule has 1 aliphatic heterocycles. The van der Waals surface area contributed by atoms with Gasteiger partial charge in [0.15, 0.2) is 0 Å². The van der Waals surface area contributed by atoms with Gasteiger partial charge in [-0.3, -0.25) is 9.78 Å². The minimum absolute atomic E-state index is 0. The number of fused-ring (bicyclic) bond motifs is 3. The maximum absolute atomic E-state index is 13.2. The van der Waals surface area contributed by atoms with Crippen LogP contribution in [-0.4, -0.2) is 69.7 Å². The number of anilines is 1. The van der Waals surface area contributed by atoms with Crippen molar-refractivity contribution in [3.05, 3.63) is 60.0 Å². The first-order valence-electron chi connectivity index (χ1n) is 11.8. The summed E-state index contributed by atoms with van der Waals surface area (Å²) in [7, 11) is 0. The van der Waals surface area contributed by atoms with Crippen molar-refractivity contribution in [1.82, 2.24) is 19.3 Å². The van der Waals surface area contributed by atoms with Gasteiger partial charge < -0.3 is 29.2 Å². The van der Waals surface area contributed by atoms with E-state index in [-0.39, 0.29) is 23.7 Å². The molecule has 2 N–H and O–H groups in total. The molecule has 1 amide bonds. The summed E-state index contributed by atoms with van der Waals surface area (Å²) in [5.74, 6) is 0.0883. The number of imidazole rings is 1. The summed E-state index contributed by atoms with van der Waals surface area (Å²) in [6, 6.07) is 7.39. The number of amides is 1. The number of carbonyl (C=O) groups is 1. The van der Waals surface area contributed by atoms with Gasteiger partial charge in [-0.05, 0) is 44.5 Å². The van der Waals surface area contributed by atoms with Crippen molar-refractivity contribution in [3.63, 3.8) is 0 Å². The van der Waals surface area contributed by atoms with E-state index in [4.69, 9.17) is 9.47 Å². The van der Waals surface area contributed by atoms with Crippen LogP contribution in [0.3, 0.4) is 0 Å². The Balaban J connectivity index is 0.00000289. The SMILES string of the molecule is Cl.O=C(Nc1cnccc1OCCOCCN1CCCC1)C1=C(O)CCc2c1nc1ccccn21. The molecule has 0 radical (unpaired) electrons. The molecule has 0 atom stereocenters. The summed E-state index contributed by atoms with van der Waals surface area (Å²) in [5, 5.41) is 13.4. The molecule has 0 bridgehead atoms. The normalized spacial score (nSPS) is 15.7. The Hall–Kier alpha value is -3.14. The Morgan fingerprint density at radius 3 is 2.83 bits per heavy atom. The van der Waals surface area contributed by atoms with E-state index in [2.05, 4.69) is 20.2 Å². The standard InChI is InChI=1S/C25H29N5O4.ClH/c31-20-7-6-19-24(28-22-5-1-2-12-30(19)22)23(20)25(32)27-18-17-26-9-8-21(18)34-16-15-33-14-13-29-10-3-4-11-29;/h1-2,5,8-9,12,17,31H,3-4,6-7,10-11,13-16H2,(H,27,32);1H. The van der Waals surface area contributed by atoms with Gasteiger partial charge >= 0.3 is 0 Å². The number of carbonyl (C=O) groups excluding carboxylic acids is 1. The summed E-state index contributed by atoms with van der Waals surface area (Å²) in [6.07, 6.45) is 8.59. The Kier molecular flexibility index (Phi) is 8.22. The number of allylic oxidation sites excluding steroid dienone is 1. The monoisotopic (exact) mass is 499 g/mol. The maximum Gasteiger partial charge on any atom is 0.261 e. The Bertz CT molecular complexity index is 1210. The van der Waals surface area contributed by atoms with Crippen LogP contribution in [0.5, 0.6) is 5.75 Å². The van der Waals surface area contributed by atoms with E-state index in [1.54, 1.807) is 12.3 Å². The minimum Gasteiger partial charge on any atom is -0.511 e. The average molecular weight is 500 g/mol. The number of hydrogen-bond acceptors (Lipinski definition) is 7. The van der Waals surface area contributed by atoms with Crippen LogP contribution >= 0.6 is 12.4 Å². The molecule has 35 heavy (non-hydrogen) atoms. The lowest BCUT2D eigenvalue weighted by molar-refractivity contribution is -0.111. The summed E-state index contributed by atoms with van der Waals surface area (Å²) >= 11 is 0. The summed E-state index contributed by atoms with van der Waals surface area (Å²) in [6.45, 7) is 4.75. The van der Waals surface area contributed by atoms with Gasteiger partial charge in [0, 0.05) is 31.4 Å². The number of rotatable bonds is 9. The second-order valence-electron chi connectivity index (χ2n) is 8.49. The largest absolute Gasteiger partial charge is 0.511 e. The quantitative estimate of drug-likeness (QED) is 0.434. The molecule has 10 heteroatoms. The van der Waals surface area contributed by atoms with Crippen LogP contribution in [0.2, 0.25) is 0 Å². The fourth-order valence-electron chi connectivity index (χ4n) is 4.52. The van der Waals surface area contributed by atoms with Crippen LogP contribution in [0, 0.1) is 0 Å². The molecule has 3 aromatic rings. The van der Waals surface area contributed by atoms with Crippen molar-refractivity contribution in [2.45, 2.75) is 25.7 Å². The number of halogens is 1. The van der Waals surface area contributed by atoms with Gasteiger partial charge in [0.05, 0.1) is 25.1 Å². The molecule has 5 rings (SSSR count). The fraction of sp³-hybridized carbons (Fsp3) is 0.400. The number of nitrogens with one attached hydrogen (secondary N) is 1. The zero-order valence-electron chi connectivity index (χ0n) is 19.5. The molecule has 3 aromatic heterocycles. The third-order valence-corrected chi connectivity index (χ3v) is 6.24. The van der Waals surface area contributed by atoms with Crippen molar-refractivity contribution in [1.29, 1.82) is 0 Å². The Labute approximate surface area is 210 Å². The maximum atomic E-state index is 13.2. The summed E-state index contributed by atoms with van der Waals surface area (Å²) in [4.78, 5) is 24.3. The molecule has 0 unspecified atom stereocenters. The fourth-order valence-corrected chi connectivity index (χ4v) is 4.52. The highest BCUT2D eigenvalue weighted by molar-refractivity contribution is 6.26. The van der Waals surface area contributed by atoms with Crippen molar-refractivity contribution >= 4 is 35.2 Å². The Morgan fingerprint density at radius 2 is 1.97 bits per heavy atom. The van der Waals surface area contributed by atoms with E-state index in [0.717, 1.165) is 31.0 Å². The van der Waals surface area contributed by atoms with Crippen LogP contribution in [-0.2, 0) is 16.0 Å². The summed E-state index contributed by atoms with van der Waals surface area (Å²) < 4.78 is 13.5. The number of ether oxygens (including phenoxy) is 2. The van der Waals surface area contributed by atoms with Crippen LogP contribution in [0.1, 0.15) is 30.7 Å². The van der Waals surface area contributed by atoms with Gasteiger partial charge in [0.25, 0.3) is 5.91 Å². The first-order chi connectivity index (χ1) is 16.7. The second kappa shape index (κ2) is 11.5. The van der Waals surface area contributed by atoms with Gasteiger partial charge in [-0.2, -0.15) is 0 Å². The molecule has 2 aliphatic rings. The number of pyridine rings is 2. The van der Waals surface area contributed by atoms with Gasteiger partial charge in [0.2, 0.25) is 0 Å². The molecule has 0 aromatic carbocycles. The molecule has 186 valence electrons. The lowest BCUT2D eigenvalue weighted by Gasteiger charge is -2.17. The molecule has 1 saturated heterocycles. The van der Waals surface area contributed by atoms with Crippen molar-refractivity contribution < 1.29 is 19.4 Å². The average Bonchev–Trinajstić information content (AvgIpc) is 3.49. The molecular weight excluding hydrogens is 470 g/mol. The van der Waals surface area contributed by atoms with E-state index >= 15 is 0 Å². The third kappa shape index (κ3) is 5.58. The highest BCUT2D eigenvalue weighted by Crippen LogP contribution is 2.32. The lowest BCUT2D eigenvalue weighted by atomic mass is 9.97. The lowest BCUT2D eigenvalue weighted by Crippen LogP contribution is -2.24. The van der Waals surface area contributed by atoms with E-state index in [1.807, 2.05) is 28.8 Å². The number of likely N-dealkylation sites (tertiary alicyclic amines) is 1. The van der Waals surface area contributed by atoms with Gasteiger partial charge in [-0.1, -0.05) is 6.07 Å². The molecule has 0 saturated carbocycles. The number of nitrogens with zero attached hydrogens (tertiary/aromatic N) is 4. The zero-order valence-corrected chi connectivity index (χ0v) is 20.3. The van der Waals surface area contributed by atoms with Crippen LogP contribution < -0.4 is 10.1 Å². The number of hydrogen-bond donors (Lipinski definition) is 2. The topological polar surface area (TPSA) is 101 Å². The number of aliphatic hydroxyl groups excluding tert-OH is 1. The van der Waals surface area contributed by atoms with Crippen molar-refractivity contribution in [2.75, 3.05) is 44.8 Å². The summed E-state index contributed by atoms with van der Waals surface area (Å²) in [5.41, 5.74) is 2.77. The number of aryl methyl sites for hydroxylation is 1. The predicted molar refractivity (Wildman–Crippen MR) is 135 cm³/mol. The molecule has 1 aliphatic carbocycles. The van der Waals surface area contributed by atoms with Crippen molar-refractivity contribution in [2.24, 2.45) is 0 Å². The molecular formula is C25H30ClN5O4. The Morgan fingerprint density at radius 1 is 1.11 bits per heavy atom. The highest BCUT2D eigenvalue weighted by Gasteiger charge is 2.29. The number of aromatic nitrogens is 3. The second-order valence-corrected chi connectivity index (χ2v) is 8.49. The first kappa shape index (κ1) is 25.0. The van der Waals surface area contributed by atoms with Crippen LogP contribution in [0.4, 0.5) is 5.69 Å². The first-order valence-corrected chi connectivity index (χ1v) is 11.8. The van der Waals surface area contributed by atoms with E-state index in [0.29, 0.717) is 49.8 Å². The van der Waals surface area contributed by atoms with Crippen LogP contribution in [0.25, 0.3) is 11.2 Å². The van der Waals surface area contributed by atoms with Gasteiger partial charge in [0.1, 0.15) is 40.7 Å². The van der Waals surface area contributed by atoms with Crippen LogP contribution in [0.15, 0.2) is 48.6 Å². The predicted octanol–water partition coefficient (Wildman–Crippen LogP) is 3.50. The van der Waals surface area contributed by atoms with E-state index in [9.17, 15) is 9.90 Å². The third-order valence-electron chi connectivity index (χ3n) is 6.24. The molecule has 0 spiro atoms. The molecule has 9 nitrogen and oxygen atoms in total. The molecule has 4 heterocycles. The number of aliphatic hydroxyl groups is 1. The molecule has 1 fully saturated rings. The smallest absolute Gasteiger partial charge is 0.261 e. The zero-order chi connectivity index (χ0) is 23.3. The van der Waals surface area contributed by atoms with Gasteiger partial charge in [-0.25, -0.2) is 4.98 Å². The van der Waals surface area contributed by atoms with Gasteiger partial charge in [-0.15, -0.1) is 12.4 Å². The van der Waals surface area contributed by atoms with E-state index < -0.39 is 5.91 Å². The minimum atomic E-state index is -0.443. The van der Waals surface area contributed by atoms with Crippen molar-refractivity contribution in [3.8, 4) is 5.75 Å². The highest BCUT2D eigenvalue weighted by atomic mass is 35.5. The van der Waals surface area contributed by atoms with E-state index in [1.165, 1.54) is 19.0 Å².